The molecule has 0 saturated carbocycles. The van der Waals surface area contributed by atoms with E-state index in [0.29, 0.717) is 21.1 Å². The highest BCUT2D eigenvalue weighted by Crippen LogP contribution is 2.41. The fraction of sp³-hybridized carbons (Fsp3) is 0.111. The highest BCUT2D eigenvalue weighted by molar-refractivity contribution is 7.07. The quantitative estimate of drug-likeness (QED) is 0.200. The number of halogens is 2. The molecule has 7 heteroatoms. The van der Waals surface area contributed by atoms with Gasteiger partial charge < -0.3 is 4.57 Å². The van der Waals surface area contributed by atoms with Crippen LogP contribution in [0.5, 0.6) is 0 Å². The SMILES string of the molecule is O=c1/c(=C/c2cn(Cc3ccc(Cl)cc3Cl)c3ccccc23)sc2n1C(c1ccccc1)C1=C(N=2)c2ccccc2CC1. The Morgan fingerprint density at radius 3 is 2.56 bits per heavy atom. The first kappa shape index (κ1) is 26.5. The van der Waals surface area contributed by atoms with Crippen LogP contribution in [0.1, 0.15) is 40.3 Å². The highest BCUT2D eigenvalue weighted by atomic mass is 35.5. The Bertz CT molecular complexity index is 2280. The van der Waals surface area contributed by atoms with Crippen LogP contribution in [0.3, 0.4) is 0 Å². The lowest BCUT2D eigenvalue weighted by Crippen LogP contribution is -2.38. The van der Waals surface area contributed by atoms with Gasteiger partial charge in [0.1, 0.15) is 0 Å². The van der Waals surface area contributed by atoms with Crippen molar-refractivity contribution in [3.05, 3.63) is 166 Å². The van der Waals surface area contributed by atoms with Crippen LogP contribution in [0.2, 0.25) is 10.0 Å². The Hall–Kier alpha value is -4.16. The van der Waals surface area contributed by atoms with Gasteiger partial charge in [-0.15, -0.1) is 0 Å². The van der Waals surface area contributed by atoms with Gasteiger partial charge in [-0.2, -0.15) is 0 Å². The summed E-state index contributed by atoms with van der Waals surface area (Å²) < 4.78 is 4.75. The molecule has 0 bridgehead atoms. The predicted octanol–water partition coefficient (Wildman–Crippen LogP) is 7.63. The van der Waals surface area contributed by atoms with Crippen LogP contribution in [0, 0.1) is 0 Å². The van der Waals surface area contributed by atoms with Gasteiger partial charge in [0.25, 0.3) is 5.56 Å². The Morgan fingerprint density at radius 1 is 0.907 bits per heavy atom. The molecule has 0 spiro atoms. The second-order valence-electron chi connectivity index (χ2n) is 11.0. The van der Waals surface area contributed by atoms with Crippen LogP contribution in [0.4, 0.5) is 0 Å². The molecule has 8 rings (SSSR count). The van der Waals surface area contributed by atoms with E-state index in [4.69, 9.17) is 28.2 Å². The molecule has 2 aromatic heterocycles. The largest absolute Gasteiger partial charge is 0.342 e. The van der Waals surface area contributed by atoms with Crippen LogP contribution in [-0.2, 0) is 13.0 Å². The summed E-state index contributed by atoms with van der Waals surface area (Å²) in [4.78, 5) is 20.1. The van der Waals surface area contributed by atoms with Crippen molar-refractivity contribution in [1.82, 2.24) is 9.13 Å². The summed E-state index contributed by atoms with van der Waals surface area (Å²) in [5.74, 6) is 0. The van der Waals surface area contributed by atoms with Crippen LogP contribution in [0.15, 0.2) is 119 Å². The van der Waals surface area contributed by atoms with Gasteiger partial charge in [0.2, 0.25) is 0 Å². The summed E-state index contributed by atoms with van der Waals surface area (Å²) in [6.07, 6.45) is 5.93. The first-order valence-electron chi connectivity index (χ1n) is 14.2. The minimum absolute atomic E-state index is 0.0133. The van der Waals surface area contributed by atoms with Crippen molar-refractivity contribution in [3.8, 4) is 0 Å². The number of aromatic nitrogens is 2. The number of benzene rings is 4. The molecule has 1 aliphatic carbocycles. The van der Waals surface area contributed by atoms with Crippen LogP contribution < -0.4 is 14.9 Å². The summed E-state index contributed by atoms with van der Waals surface area (Å²) in [6.45, 7) is 0.589. The second kappa shape index (κ2) is 10.5. The van der Waals surface area contributed by atoms with E-state index in [2.05, 4.69) is 59.3 Å². The maximum atomic E-state index is 14.3. The fourth-order valence-corrected chi connectivity index (χ4v) is 7.91. The van der Waals surface area contributed by atoms with Crippen LogP contribution >= 0.6 is 34.5 Å². The second-order valence-corrected chi connectivity index (χ2v) is 12.8. The van der Waals surface area contributed by atoms with Gasteiger partial charge in [-0.3, -0.25) is 9.36 Å². The van der Waals surface area contributed by atoms with Crippen molar-refractivity contribution >= 4 is 57.2 Å². The normalized spacial score (nSPS) is 16.1. The zero-order valence-corrected chi connectivity index (χ0v) is 25.3. The minimum Gasteiger partial charge on any atom is -0.342 e. The summed E-state index contributed by atoms with van der Waals surface area (Å²) >= 11 is 14.1. The molecule has 0 N–H and O–H groups in total. The lowest BCUT2D eigenvalue weighted by Gasteiger charge is -2.30. The molecular formula is C36H25Cl2N3OS. The molecule has 0 amide bonds. The van der Waals surface area contributed by atoms with E-state index < -0.39 is 0 Å². The van der Waals surface area contributed by atoms with Gasteiger partial charge in [0.05, 0.1) is 16.3 Å². The zero-order chi connectivity index (χ0) is 29.1. The van der Waals surface area contributed by atoms with Crippen molar-refractivity contribution in [2.24, 2.45) is 4.99 Å². The fourth-order valence-electron chi connectivity index (χ4n) is 6.45. The number of hydrogen-bond acceptors (Lipinski definition) is 3. The number of nitrogens with zero attached hydrogens (tertiary/aromatic N) is 3. The van der Waals surface area contributed by atoms with Gasteiger partial charge in [-0.05, 0) is 59.4 Å². The molecule has 6 aromatic rings. The number of fused-ring (bicyclic) bond motifs is 4. The van der Waals surface area contributed by atoms with Gasteiger partial charge in [-0.1, -0.05) is 113 Å². The van der Waals surface area contributed by atoms with E-state index in [0.717, 1.165) is 50.9 Å². The van der Waals surface area contributed by atoms with Crippen molar-refractivity contribution < 1.29 is 0 Å². The molecule has 210 valence electrons. The maximum Gasteiger partial charge on any atom is 0.271 e. The summed E-state index contributed by atoms with van der Waals surface area (Å²) in [7, 11) is 0. The number of hydrogen-bond donors (Lipinski definition) is 0. The average molecular weight is 619 g/mol. The molecule has 2 aliphatic rings. The topological polar surface area (TPSA) is 39.3 Å². The average Bonchev–Trinajstić information content (AvgIpc) is 3.54. The molecule has 1 aliphatic heterocycles. The van der Waals surface area contributed by atoms with E-state index in [-0.39, 0.29) is 11.6 Å². The smallest absolute Gasteiger partial charge is 0.271 e. The molecule has 1 atom stereocenters. The Kier molecular flexibility index (Phi) is 6.48. The molecular weight excluding hydrogens is 593 g/mol. The first-order chi connectivity index (χ1) is 21.0. The van der Waals surface area contributed by atoms with Gasteiger partial charge >= 0.3 is 0 Å². The van der Waals surface area contributed by atoms with Crippen molar-refractivity contribution in [2.45, 2.75) is 25.4 Å². The highest BCUT2D eigenvalue weighted by Gasteiger charge is 2.32. The maximum absolute atomic E-state index is 14.3. The molecule has 0 saturated heterocycles. The molecule has 0 fully saturated rings. The zero-order valence-electron chi connectivity index (χ0n) is 23.0. The third-order valence-corrected chi connectivity index (χ3v) is 10.0. The third-order valence-electron chi connectivity index (χ3n) is 8.45. The summed E-state index contributed by atoms with van der Waals surface area (Å²) in [6, 6.07) is 32.5. The van der Waals surface area contributed by atoms with Gasteiger partial charge in [-0.25, -0.2) is 4.99 Å². The Morgan fingerprint density at radius 2 is 1.70 bits per heavy atom. The predicted molar refractivity (Wildman–Crippen MR) is 177 cm³/mol. The van der Waals surface area contributed by atoms with E-state index in [1.165, 1.54) is 28.0 Å². The monoisotopic (exact) mass is 617 g/mol. The summed E-state index contributed by atoms with van der Waals surface area (Å²) in [5.41, 5.74) is 8.83. The summed E-state index contributed by atoms with van der Waals surface area (Å²) in [5, 5.41) is 2.32. The van der Waals surface area contributed by atoms with Crippen LogP contribution in [0.25, 0.3) is 22.7 Å². The Balaban J connectivity index is 1.31. The van der Waals surface area contributed by atoms with Gasteiger partial charge in [0, 0.05) is 44.8 Å². The number of allylic oxidation sites excluding steroid dienone is 1. The number of aryl methyl sites for hydroxylation is 1. The van der Waals surface area contributed by atoms with Crippen LogP contribution in [-0.4, -0.2) is 9.13 Å². The molecule has 0 radical (unpaired) electrons. The molecule has 3 heterocycles. The standard InChI is InChI=1S/C36H25Cl2N3OS/c37-26-16-14-24(30(38)19-26)20-40-21-25(27-11-6-7-13-31(27)40)18-32-35(42)41-34(23-9-2-1-3-10-23)29-17-15-22-8-4-5-12-28(22)33(29)39-36(41)43-32/h1-14,16,18-19,21,34H,15,17,20H2/b32-18-. The molecule has 4 nitrogen and oxygen atoms in total. The molecule has 1 unspecified atom stereocenters. The third kappa shape index (κ3) is 4.51. The molecule has 43 heavy (non-hydrogen) atoms. The number of rotatable bonds is 4. The lowest BCUT2D eigenvalue weighted by atomic mass is 9.83. The number of thiazole rings is 1. The van der Waals surface area contributed by atoms with E-state index in [1.54, 1.807) is 6.07 Å². The van der Waals surface area contributed by atoms with Crippen molar-refractivity contribution in [1.29, 1.82) is 0 Å². The van der Waals surface area contributed by atoms with E-state index in [1.807, 2.05) is 53.1 Å². The van der Waals surface area contributed by atoms with E-state index in [9.17, 15) is 4.79 Å². The first-order valence-corrected chi connectivity index (χ1v) is 15.8. The lowest BCUT2D eigenvalue weighted by molar-refractivity contribution is 0.585. The number of para-hydroxylation sites is 1. The molecule has 4 aromatic carbocycles. The van der Waals surface area contributed by atoms with Crippen molar-refractivity contribution in [3.63, 3.8) is 0 Å². The van der Waals surface area contributed by atoms with E-state index >= 15 is 0 Å². The Labute approximate surface area is 262 Å². The van der Waals surface area contributed by atoms with Gasteiger partial charge in [0.15, 0.2) is 4.80 Å². The minimum atomic E-state index is -0.184. The van der Waals surface area contributed by atoms with Crippen molar-refractivity contribution in [2.75, 3.05) is 0 Å².